The van der Waals surface area contributed by atoms with Gasteiger partial charge in [-0.15, -0.1) is 0 Å². The SMILES string of the molecule is CCn1cc(Cl)cc1C(=O)NCC(N)C(C)O. The summed E-state index contributed by atoms with van der Waals surface area (Å²) in [7, 11) is 0. The molecule has 0 radical (unpaired) electrons. The maximum atomic E-state index is 11.8. The minimum Gasteiger partial charge on any atom is -0.392 e. The summed E-state index contributed by atoms with van der Waals surface area (Å²) < 4.78 is 1.76. The Morgan fingerprint density at radius 2 is 2.35 bits per heavy atom. The van der Waals surface area contributed by atoms with Crippen molar-refractivity contribution >= 4 is 17.5 Å². The van der Waals surface area contributed by atoms with Gasteiger partial charge in [-0.3, -0.25) is 4.79 Å². The fraction of sp³-hybridized carbons (Fsp3) is 0.545. The number of nitrogens with zero attached hydrogens (tertiary/aromatic N) is 1. The summed E-state index contributed by atoms with van der Waals surface area (Å²) in [5, 5.41) is 12.4. The molecule has 0 bridgehead atoms. The Hall–Kier alpha value is -1.04. The highest BCUT2D eigenvalue weighted by Crippen LogP contribution is 2.13. The van der Waals surface area contributed by atoms with Gasteiger partial charge in [0.05, 0.1) is 11.1 Å². The number of carbonyl (C=O) groups is 1. The van der Waals surface area contributed by atoms with Crippen LogP contribution in [0.1, 0.15) is 24.3 Å². The summed E-state index contributed by atoms with van der Waals surface area (Å²) in [4.78, 5) is 11.8. The topological polar surface area (TPSA) is 80.3 Å². The molecule has 1 aromatic heterocycles. The van der Waals surface area contributed by atoms with E-state index in [4.69, 9.17) is 17.3 Å². The number of aromatic nitrogens is 1. The number of hydrogen-bond acceptors (Lipinski definition) is 3. The van der Waals surface area contributed by atoms with Crippen molar-refractivity contribution in [3.05, 3.63) is 23.0 Å². The average Bonchev–Trinajstić information content (AvgIpc) is 2.66. The summed E-state index contributed by atoms with van der Waals surface area (Å²) in [6, 6.07) is 1.13. The van der Waals surface area contributed by atoms with E-state index in [1.54, 1.807) is 23.8 Å². The first-order chi connectivity index (χ1) is 7.95. The lowest BCUT2D eigenvalue weighted by Gasteiger charge is -2.15. The highest BCUT2D eigenvalue weighted by molar-refractivity contribution is 6.31. The van der Waals surface area contributed by atoms with Crippen LogP contribution in [0.4, 0.5) is 0 Å². The van der Waals surface area contributed by atoms with Crippen molar-refractivity contribution < 1.29 is 9.90 Å². The highest BCUT2D eigenvalue weighted by Gasteiger charge is 2.15. The molecule has 0 aliphatic heterocycles. The fourth-order valence-corrected chi connectivity index (χ4v) is 1.62. The third-order valence-electron chi connectivity index (χ3n) is 2.55. The monoisotopic (exact) mass is 259 g/mol. The Labute approximate surface area is 106 Å². The van der Waals surface area contributed by atoms with Gasteiger partial charge in [0.25, 0.3) is 5.91 Å². The lowest BCUT2D eigenvalue weighted by molar-refractivity contribution is 0.0928. The minimum atomic E-state index is -0.656. The van der Waals surface area contributed by atoms with Crippen molar-refractivity contribution in [3.63, 3.8) is 0 Å². The van der Waals surface area contributed by atoms with Crippen LogP contribution in [-0.4, -0.2) is 34.3 Å². The molecular weight excluding hydrogens is 242 g/mol. The van der Waals surface area contributed by atoms with Gasteiger partial charge in [0.2, 0.25) is 0 Å². The van der Waals surface area contributed by atoms with Gasteiger partial charge in [0.1, 0.15) is 5.69 Å². The van der Waals surface area contributed by atoms with Crippen LogP contribution < -0.4 is 11.1 Å². The Morgan fingerprint density at radius 1 is 1.71 bits per heavy atom. The Bertz CT molecular complexity index is 390. The number of hydrogen-bond donors (Lipinski definition) is 3. The zero-order valence-electron chi connectivity index (χ0n) is 9.98. The largest absolute Gasteiger partial charge is 0.392 e. The molecule has 0 aromatic carbocycles. The zero-order chi connectivity index (χ0) is 13.0. The lowest BCUT2D eigenvalue weighted by atomic mass is 10.2. The van der Waals surface area contributed by atoms with Crippen LogP contribution in [-0.2, 0) is 6.54 Å². The molecule has 2 unspecified atom stereocenters. The first-order valence-electron chi connectivity index (χ1n) is 5.53. The zero-order valence-corrected chi connectivity index (χ0v) is 10.7. The molecule has 0 aliphatic rings. The molecule has 1 heterocycles. The standard InChI is InChI=1S/C11H18ClN3O2/c1-3-15-6-8(12)4-10(15)11(17)14-5-9(13)7(2)16/h4,6-7,9,16H,3,5,13H2,1-2H3,(H,14,17). The van der Waals surface area contributed by atoms with Gasteiger partial charge in [-0.05, 0) is 19.9 Å². The number of nitrogens with one attached hydrogen (secondary N) is 1. The lowest BCUT2D eigenvalue weighted by Crippen LogP contribution is -2.44. The molecule has 6 heteroatoms. The molecule has 0 spiro atoms. The number of halogens is 1. The number of amides is 1. The van der Waals surface area contributed by atoms with Gasteiger partial charge in [-0.2, -0.15) is 0 Å². The van der Waals surface area contributed by atoms with E-state index in [1.807, 2.05) is 6.92 Å². The molecule has 5 nitrogen and oxygen atoms in total. The average molecular weight is 260 g/mol. The van der Waals surface area contributed by atoms with Crippen molar-refractivity contribution in [1.82, 2.24) is 9.88 Å². The molecule has 1 aromatic rings. The molecule has 0 aliphatic carbocycles. The maximum absolute atomic E-state index is 11.8. The minimum absolute atomic E-state index is 0.225. The van der Waals surface area contributed by atoms with Crippen LogP contribution in [0, 0.1) is 0 Å². The molecule has 0 saturated heterocycles. The van der Waals surface area contributed by atoms with Crippen LogP contribution in [0.5, 0.6) is 0 Å². The smallest absolute Gasteiger partial charge is 0.268 e. The van der Waals surface area contributed by atoms with E-state index in [0.29, 0.717) is 17.3 Å². The molecule has 0 saturated carbocycles. The van der Waals surface area contributed by atoms with Crippen molar-refractivity contribution in [2.24, 2.45) is 5.73 Å². The normalized spacial score (nSPS) is 14.4. The number of aliphatic hydroxyl groups is 1. The summed E-state index contributed by atoms with van der Waals surface area (Å²) in [6.45, 7) is 4.40. The summed E-state index contributed by atoms with van der Waals surface area (Å²) in [5.41, 5.74) is 6.12. The van der Waals surface area contributed by atoms with E-state index in [-0.39, 0.29) is 12.5 Å². The Morgan fingerprint density at radius 3 is 2.88 bits per heavy atom. The predicted molar refractivity (Wildman–Crippen MR) is 67.1 cm³/mol. The molecule has 2 atom stereocenters. The fourth-order valence-electron chi connectivity index (χ4n) is 1.40. The molecule has 17 heavy (non-hydrogen) atoms. The van der Waals surface area contributed by atoms with E-state index in [0.717, 1.165) is 0 Å². The number of nitrogens with two attached hydrogens (primary N) is 1. The second-order valence-electron chi connectivity index (χ2n) is 3.94. The number of rotatable bonds is 5. The van der Waals surface area contributed by atoms with E-state index in [1.165, 1.54) is 0 Å². The Balaban J connectivity index is 2.63. The van der Waals surface area contributed by atoms with Gasteiger partial charge in [-0.25, -0.2) is 0 Å². The van der Waals surface area contributed by atoms with Gasteiger partial charge < -0.3 is 20.7 Å². The highest BCUT2D eigenvalue weighted by atomic mass is 35.5. The van der Waals surface area contributed by atoms with Crippen molar-refractivity contribution in [2.75, 3.05) is 6.54 Å². The van der Waals surface area contributed by atoms with E-state index in [9.17, 15) is 9.90 Å². The molecule has 1 rings (SSSR count). The van der Waals surface area contributed by atoms with E-state index >= 15 is 0 Å². The summed E-state index contributed by atoms with van der Waals surface area (Å²) in [5.74, 6) is -0.241. The number of carbonyl (C=O) groups excluding carboxylic acids is 1. The van der Waals surface area contributed by atoms with Gasteiger partial charge >= 0.3 is 0 Å². The first kappa shape index (κ1) is 14.0. The van der Waals surface area contributed by atoms with Crippen LogP contribution >= 0.6 is 11.6 Å². The van der Waals surface area contributed by atoms with Crippen LogP contribution in [0.2, 0.25) is 5.02 Å². The van der Waals surface area contributed by atoms with Crippen molar-refractivity contribution in [2.45, 2.75) is 32.5 Å². The molecular formula is C11H18ClN3O2. The Kier molecular flexibility index (Phi) is 4.99. The van der Waals surface area contributed by atoms with Crippen LogP contribution in [0.3, 0.4) is 0 Å². The number of aryl methyl sites for hydroxylation is 1. The van der Waals surface area contributed by atoms with Crippen molar-refractivity contribution in [1.29, 1.82) is 0 Å². The van der Waals surface area contributed by atoms with Crippen molar-refractivity contribution in [3.8, 4) is 0 Å². The third kappa shape index (κ3) is 3.73. The van der Waals surface area contributed by atoms with E-state index in [2.05, 4.69) is 5.32 Å². The molecule has 96 valence electrons. The summed E-state index contributed by atoms with van der Waals surface area (Å²) in [6.07, 6.45) is 1.04. The summed E-state index contributed by atoms with van der Waals surface area (Å²) >= 11 is 5.84. The number of aliphatic hydroxyl groups excluding tert-OH is 1. The molecule has 1 amide bonds. The molecule has 4 N–H and O–H groups in total. The third-order valence-corrected chi connectivity index (χ3v) is 2.76. The first-order valence-corrected chi connectivity index (χ1v) is 5.91. The van der Waals surface area contributed by atoms with Crippen LogP contribution in [0.15, 0.2) is 12.3 Å². The van der Waals surface area contributed by atoms with Crippen LogP contribution in [0.25, 0.3) is 0 Å². The predicted octanol–water partition coefficient (Wildman–Crippen LogP) is 0.599. The molecule has 0 fully saturated rings. The second kappa shape index (κ2) is 6.05. The quantitative estimate of drug-likeness (QED) is 0.724. The maximum Gasteiger partial charge on any atom is 0.268 e. The van der Waals surface area contributed by atoms with Gasteiger partial charge in [0, 0.05) is 25.3 Å². The van der Waals surface area contributed by atoms with E-state index < -0.39 is 12.1 Å². The van der Waals surface area contributed by atoms with Gasteiger partial charge in [0.15, 0.2) is 0 Å². The van der Waals surface area contributed by atoms with Gasteiger partial charge in [-0.1, -0.05) is 11.6 Å². The second-order valence-corrected chi connectivity index (χ2v) is 4.38.